The zero-order valence-electron chi connectivity index (χ0n) is 27.3. The Morgan fingerprint density at radius 2 is 1.88 bits per heavy atom. The molecule has 5 atom stereocenters. The number of carbonyl (C=O) groups excluding carboxylic acids is 1. The summed E-state index contributed by atoms with van der Waals surface area (Å²) in [6.45, 7) is 4.77. The Morgan fingerprint density at radius 3 is 2.52 bits per heavy atom. The van der Waals surface area contributed by atoms with Crippen molar-refractivity contribution in [3.63, 3.8) is 0 Å². The fourth-order valence-corrected chi connectivity index (χ4v) is 9.92. The van der Waals surface area contributed by atoms with Crippen LogP contribution in [0, 0.1) is 6.92 Å². The number of benzene rings is 1. The van der Waals surface area contributed by atoms with Crippen molar-refractivity contribution in [2.24, 2.45) is 0 Å². The first-order chi connectivity index (χ1) is 22.9. The van der Waals surface area contributed by atoms with Gasteiger partial charge in [-0.15, -0.1) is 11.3 Å². The molecule has 1 aromatic carbocycles. The molecule has 48 heavy (non-hydrogen) atoms. The molecule has 5 heterocycles. The van der Waals surface area contributed by atoms with E-state index >= 15 is 0 Å². The smallest absolute Gasteiger partial charge is 0.332 e. The van der Waals surface area contributed by atoms with Gasteiger partial charge in [0.2, 0.25) is 5.89 Å². The molecular weight excluding hydrogens is 659 g/mol. The summed E-state index contributed by atoms with van der Waals surface area (Å²) in [5.41, 5.74) is -0.146. The number of para-hydroxylation sites is 1. The molecule has 12 nitrogen and oxygen atoms in total. The van der Waals surface area contributed by atoms with Crippen LogP contribution < -0.4 is 16.0 Å². The maximum absolute atomic E-state index is 14.5. The molecular formula is C34H39N3O9S2. The largest absolute Gasteiger partial charge is 0.496 e. The lowest BCUT2D eigenvalue weighted by atomic mass is 10.0. The van der Waals surface area contributed by atoms with E-state index < -0.39 is 49.5 Å². The van der Waals surface area contributed by atoms with Gasteiger partial charge in [0.1, 0.15) is 28.7 Å². The number of thiophene rings is 1. The molecule has 14 heteroatoms. The number of methoxy groups -OCH3 is 1. The summed E-state index contributed by atoms with van der Waals surface area (Å²) in [5.74, 6) is -0.594. The zero-order chi connectivity index (χ0) is 34.0. The number of aromatic nitrogens is 3. The summed E-state index contributed by atoms with van der Waals surface area (Å²) >= 11 is 1.20. The van der Waals surface area contributed by atoms with E-state index in [1.165, 1.54) is 35.3 Å². The number of ketones is 1. The Kier molecular flexibility index (Phi) is 8.49. The van der Waals surface area contributed by atoms with Gasteiger partial charge in [-0.2, -0.15) is 0 Å². The summed E-state index contributed by atoms with van der Waals surface area (Å²) in [4.78, 5) is 47.5. The van der Waals surface area contributed by atoms with E-state index in [1.807, 2.05) is 24.3 Å². The lowest BCUT2D eigenvalue weighted by molar-refractivity contribution is -0.119. The van der Waals surface area contributed by atoms with E-state index in [-0.39, 0.29) is 30.2 Å². The summed E-state index contributed by atoms with van der Waals surface area (Å²) < 4.78 is 51.7. The molecule has 3 aliphatic rings. The van der Waals surface area contributed by atoms with Crippen molar-refractivity contribution in [2.45, 2.75) is 101 Å². The molecule has 1 aliphatic carbocycles. The maximum Gasteiger partial charge on any atom is 0.332 e. The molecule has 256 valence electrons. The maximum atomic E-state index is 14.5. The quantitative estimate of drug-likeness (QED) is 0.203. The van der Waals surface area contributed by atoms with Crippen LogP contribution in [0.4, 0.5) is 0 Å². The van der Waals surface area contributed by atoms with Gasteiger partial charge >= 0.3 is 5.69 Å². The van der Waals surface area contributed by atoms with E-state index in [1.54, 1.807) is 21.0 Å². The Balaban J connectivity index is 1.37. The molecule has 4 aromatic rings. The molecule has 0 amide bonds. The van der Waals surface area contributed by atoms with Gasteiger partial charge in [0.25, 0.3) is 5.56 Å². The molecule has 1 unspecified atom stereocenters. The lowest BCUT2D eigenvalue weighted by Gasteiger charge is -2.32. The standard InChI is InChI=1S/C34H39N3O9S2/c1-19-28-31(39)37(20(2)25(38)18-48(41,42)34(3)11-12-34)33(40)36(32(28)47-29(19)30-35-13-14-44-30)17-27(24-7-5-6-8-26(24)43-4)46-23-15-21-9-10-22(16-23)45-21/h5-8,13-14,20-23,27H,9-12,15-18H2,1-4H3/t20-,21-,22+,23?,27-/m0/s1. The topological polar surface area (TPSA) is 149 Å². The first-order valence-electron chi connectivity index (χ1n) is 16.3. The highest BCUT2D eigenvalue weighted by Gasteiger charge is 2.50. The number of aryl methyl sites for hydroxylation is 1. The highest BCUT2D eigenvalue weighted by molar-refractivity contribution is 7.93. The Morgan fingerprint density at radius 1 is 1.17 bits per heavy atom. The summed E-state index contributed by atoms with van der Waals surface area (Å²) in [7, 11) is -2.20. The average molecular weight is 698 g/mol. The first-order valence-corrected chi connectivity index (χ1v) is 18.7. The minimum atomic E-state index is -3.77. The van der Waals surface area contributed by atoms with Gasteiger partial charge in [0, 0.05) is 5.56 Å². The van der Waals surface area contributed by atoms with Crippen molar-refractivity contribution in [2.75, 3.05) is 12.9 Å². The normalized spacial score (nSPS) is 22.9. The summed E-state index contributed by atoms with van der Waals surface area (Å²) in [5, 5.41) is 0.229. The van der Waals surface area contributed by atoms with Gasteiger partial charge in [0.05, 0.1) is 59.2 Å². The van der Waals surface area contributed by atoms with E-state index in [4.69, 9.17) is 18.6 Å². The molecule has 3 aromatic heterocycles. The first kappa shape index (κ1) is 32.9. The number of nitrogens with zero attached hydrogens (tertiary/aromatic N) is 3. The summed E-state index contributed by atoms with van der Waals surface area (Å²) in [6, 6.07) is 6.12. The minimum Gasteiger partial charge on any atom is -0.496 e. The van der Waals surface area contributed by atoms with Gasteiger partial charge in [-0.3, -0.25) is 14.2 Å². The van der Waals surface area contributed by atoms with Crippen LogP contribution in [0.3, 0.4) is 0 Å². The zero-order valence-corrected chi connectivity index (χ0v) is 29.0. The molecule has 1 saturated carbocycles. The summed E-state index contributed by atoms with van der Waals surface area (Å²) in [6.07, 6.45) is 6.71. The van der Waals surface area contributed by atoms with Crippen LogP contribution in [0.1, 0.15) is 75.6 Å². The highest BCUT2D eigenvalue weighted by Crippen LogP contribution is 2.44. The van der Waals surface area contributed by atoms with Gasteiger partial charge in [0.15, 0.2) is 15.6 Å². The molecule has 0 N–H and O–H groups in total. The van der Waals surface area contributed by atoms with Crippen molar-refractivity contribution < 1.29 is 31.8 Å². The fraction of sp³-hybridized carbons (Fsp3) is 0.529. The van der Waals surface area contributed by atoms with E-state index in [2.05, 4.69) is 4.98 Å². The van der Waals surface area contributed by atoms with Crippen molar-refractivity contribution in [1.29, 1.82) is 0 Å². The van der Waals surface area contributed by atoms with E-state index in [0.717, 1.165) is 35.8 Å². The predicted molar refractivity (Wildman–Crippen MR) is 179 cm³/mol. The Bertz CT molecular complexity index is 2080. The van der Waals surface area contributed by atoms with Crippen LogP contribution in [0.25, 0.3) is 21.0 Å². The molecule has 3 fully saturated rings. The van der Waals surface area contributed by atoms with Gasteiger partial charge < -0.3 is 18.6 Å². The van der Waals surface area contributed by atoms with E-state index in [0.29, 0.717) is 39.8 Å². The fourth-order valence-electron chi connectivity index (χ4n) is 6.99. The van der Waals surface area contributed by atoms with Crippen LogP contribution in [0.5, 0.6) is 5.75 Å². The number of ether oxygens (including phenoxy) is 3. The molecule has 0 spiro atoms. The van der Waals surface area contributed by atoms with Crippen molar-refractivity contribution >= 4 is 37.2 Å². The number of hydrogen-bond acceptors (Lipinski definition) is 11. The number of Topliss-reactive ketones (excluding diaryl/α,β-unsaturated/α-hetero) is 1. The average Bonchev–Trinajstić information content (AvgIpc) is 3.35. The lowest BCUT2D eigenvalue weighted by Crippen LogP contribution is -2.45. The van der Waals surface area contributed by atoms with Crippen LogP contribution in [-0.4, -0.2) is 64.2 Å². The minimum absolute atomic E-state index is 0.00899. The number of carbonyl (C=O) groups is 1. The second-order valence-electron chi connectivity index (χ2n) is 13.4. The SMILES string of the molecule is COc1ccccc1[C@H](Cn1c(=O)n([C@@H](C)C(=O)CS(=O)(=O)C2(C)CC2)c(=O)c2c(C)c(-c3ncco3)sc21)OC1C[C@H]2CC[C@@H](C1)O2. The Labute approximate surface area is 281 Å². The molecule has 2 aliphatic heterocycles. The third-order valence-electron chi connectivity index (χ3n) is 10.2. The van der Waals surface area contributed by atoms with Crippen LogP contribution in [-0.2, 0) is 30.7 Å². The second kappa shape index (κ2) is 12.4. The number of hydrogen-bond donors (Lipinski definition) is 0. The number of rotatable bonds is 12. The highest BCUT2D eigenvalue weighted by atomic mass is 32.2. The van der Waals surface area contributed by atoms with Crippen molar-refractivity contribution in [1.82, 2.24) is 14.1 Å². The van der Waals surface area contributed by atoms with Crippen LogP contribution >= 0.6 is 11.3 Å². The molecule has 7 rings (SSSR count). The second-order valence-corrected chi connectivity index (χ2v) is 16.9. The van der Waals surface area contributed by atoms with Crippen molar-refractivity contribution in [3.8, 4) is 16.5 Å². The molecule has 2 saturated heterocycles. The number of oxazole rings is 1. The van der Waals surface area contributed by atoms with Crippen molar-refractivity contribution in [3.05, 3.63) is 68.7 Å². The van der Waals surface area contributed by atoms with E-state index in [9.17, 15) is 22.8 Å². The number of sulfone groups is 1. The molecule has 2 bridgehead atoms. The molecule has 0 radical (unpaired) electrons. The monoisotopic (exact) mass is 697 g/mol. The van der Waals surface area contributed by atoms with Gasteiger partial charge in [-0.1, -0.05) is 18.2 Å². The number of fused-ring (bicyclic) bond motifs is 3. The van der Waals surface area contributed by atoms with Crippen LogP contribution in [0.2, 0.25) is 0 Å². The predicted octanol–water partition coefficient (Wildman–Crippen LogP) is 4.76. The Hall–Kier alpha value is -3.59. The third kappa shape index (κ3) is 5.76. The van der Waals surface area contributed by atoms with Gasteiger partial charge in [-0.05, 0) is 70.9 Å². The third-order valence-corrected chi connectivity index (χ3v) is 14.1. The van der Waals surface area contributed by atoms with Gasteiger partial charge in [-0.25, -0.2) is 22.8 Å². The van der Waals surface area contributed by atoms with Crippen LogP contribution in [0.15, 0.2) is 50.7 Å².